The highest BCUT2D eigenvalue weighted by atomic mass is 16.7. The van der Waals surface area contributed by atoms with E-state index < -0.39 is 17.8 Å². The Balaban J connectivity index is 1.26. The lowest BCUT2D eigenvalue weighted by Gasteiger charge is -2.34. The van der Waals surface area contributed by atoms with Gasteiger partial charge in [0.25, 0.3) is 0 Å². The van der Waals surface area contributed by atoms with Crippen LogP contribution in [0.25, 0.3) is 0 Å². The highest BCUT2D eigenvalue weighted by molar-refractivity contribution is 5.68. The first kappa shape index (κ1) is 37.0. The number of ether oxygens (including phenoxy) is 6. The number of hydrogen-bond acceptors (Lipinski definition) is 8. The Morgan fingerprint density at radius 1 is 0.270 bits per heavy atom. The van der Waals surface area contributed by atoms with E-state index in [0.717, 1.165) is 55.6 Å². The highest BCUT2D eigenvalue weighted by Crippen LogP contribution is 2.55. The minimum Gasteiger partial charge on any atom is -0.507 e. The molecule has 1 aliphatic carbocycles. The first-order chi connectivity index (χ1) is 31.1. The first-order valence-electron chi connectivity index (χ1n) is 21.1. The molecule has 3 aliphatic heterocycles. The van der Waals surface area contributed by atoms with Crippen LogP contribution in [0.15, 0.2) is 170 Å². The Morgan fingerprint density at radius 2 is 0.492 bits per heavy atom. The van der Waals surface area contributed by atoms with Gasteiger partial charge < -0.3 is 38.6 Å². The summed E-state index contributed by atoms with van der Waals surface area (Å²) in [5.41, 5.74) is 10.5. The van der Waals surface area contributed by atoms with Crippen molar-refractivity contribution < 1.29 is 38.6 Å². The Kier molecular flexibility index (Phi) is 8.78. The normalized spacial score (nSPS) is 18.9. The van der Waals surface area contributed by atoms with Crippen LogP contribution >= 0.6 is 0 Å². The molecule has 2 N–H and O–H groups in total. The molecule has 308 valence electrons. The van der Waals surface area contributed by atoms with Crippen molar-refractivity contribution in [2.75, 3.05) is 20.4 Å². The molecular formula is C55H40O8. The van der Waals surface area contributed by atoms with E-state index in [-0.39, 0.29) is 37.8 Å². The lowest BCUT2D eigenvalue weighted by molar-refractivity contribution is 0.104. The standard InChI is InChI=1S/C55H40O8/c56-44-25-46-38-21-36(44)52(32-13-5-1-6-14-32)37-22-39-47(26-45(37)57)59-30-61-49-28-51-43(24-41(49)54(39)34-17-9-3-10-18-34)55(35-19-11-4-12-20-35)42-23-40(53(38)33-15-7-2-8-16-33)48(60-29-58-46)27-50(42)62-31-63-51/h1-28,52-57H,29-31H2/t52?,53-,54-,55?/m0/s1. The highest BCUT2D eigenvalue weighted by Gasteiger charge is 2.38. The predicted molar refractivity (Wildman–Crippen MR) is 237 cm³/mol. The van der Waals surface area contributed by atoms with E-state index in [1.54, 1.807) is 12.1 Å². The summed E-state index contributed by atoms with van der Waals surface area (Å²) in [6.45, 7) is -0.281. The molecule has 0 spiro atoms. The van der Waals surface area contributed by atoms with Gasteiger partial charge in [0.15, 0.2) is 0 Å². The maximum absolute atomic E-state index is 12.3. The van der Waals surface area contributed by atoms with Gasteiger partial charge >= 0.3 is 0 Å². The summed E-state index contributed by atoms with van der Waals surface area (Å²) in [7, 11) is 0. The van der Waals surface area contributed by atoms with Gasteiger partial charge in [-0.25, -0.2) is 0 Å². The lowest BCUT2D eigenvalue weighted by Crippen LogP contribution is -2.21. The summed E-state index contributed by atoms with van der Waals surface area (Å²) in [4.78, 5) is 0. The fraction of sp³-hybridized carbons (Fsp3) is 0.127. The van der Waals surface area contributed by atoms with E-state index >= 15 is 0 Å². The molecule has 8 heteroatoms. The van der Waals surface area contributed by atoms with Gasteiger partial charge in [0.1, 0.15) is 46.0 Å². The zero-order valence-corrected chi connectivity index (χ0v) is 33.9. The molecule has 0 radical (unpaired) electrons. The van der Waals surface area contributed by atoms with Crippen LogP contribution in [0.1, 0.15) is 90.4 Å². The van der Waals surface area contributed by atoms with Gasteiger partial charge in [-0.1, -0.05) is 121 Å². The predicted octanol–water partition coefficient (Wildman–Crippen LogP) is 11.3. The summed E-state index contributed by atoms with van der Waals surface area (Å²) in [6.07, 6.45) is 0. The van der Waals surface area contributed by atoms with Gasteiger partial charge in [-0.2, -0.15) is 0 Å². The Hall–Kier alpha value is -7.84. The third-order valence-corrected chi connectivity index (χ3v) is 12.9. The van der Waals surface area contributed by atoms with Crippen LogP contribution in [-0.2, 0) is 0 Å². The molecule has 0 saturated heterocycles. The van der Waals surface area contributed by atoms with Crippen LogP contribution in [0.4, 0.5) is 0 Å². The van der Waals surface area contributed by atoms with Crippen LogP contribution in [0.2, 0.25) is 0 Å². The monoisotopic (exact) mass is 828 g/mol. The maximum Gasteiger partial charge on any atom is 0.230 e. The molecule has 8 nitrogen and oxygen atoms in total. The van der Waals surface area contributed by atoms with Crippen molar-refractivity contribution in [3.05, 3.63) is 237 Å². The minimum absolute atomic E-state index is 0.0185. The molecule has 3 heterocycles. The second kappa shape index (κ2) is 15.0. The minimum atomic E-state index is -0.629. The van der Waals surface area contributed by atoms with E-state index in [4.69, 9.17) is 28.4 Å². The first-order valence-corrected chi connectivity index (χ1v) is 21.1. The van der Waals surface area contributed by atoms with Crippen LogP contribution in [0.5, 0.6) is 46.0 Å². The van der Waals surface area contributed by atoms with Crippen molar-refractivity contribution in [3.63, 3.8) is 0 Å². The molecule has 8 aromatic rings. The van der Waals surface area contributed by atoms with Crippen LogP contribution in [-0.4, -0.2) is 30.6 Å². The number of hydrogen-bond donors (Lipinski definition) is 2. The fourth-order valence-corrected chi connectivity index (χ4v) is 10.1. The average molecular weight is 829 g/mol. The largest absolute Gasteiger partial charge is 0.507 e. The zero-order chi connectivity index (χ0) is 42.0. The summed E-state index contributed by atoms with van der Waals surface area (Å²) in [5.74, 6) is 1.61. The molecule has 12 rings (SSSR count). The van der Waals surface area contributed by atoms with Crippen LogP contribution in [0.3, 0.4) is 0 Å². The second-order valence-electron chi connectivity index (χ2n) is 16.3. The third-order valence-electron chi connectivity index (χ3n) is 12.9. The van der Waals surface area contributed by atoms with Gasteiger partial charge in [-0.05, 0) is 46.5 Å². The molecular weight excluding hydrogens is 789 g/mol. The quantitative estimate of drug-likeness (QED) is 0.181. The Morgan fingerprint density at radius 3 is 0.762 bits per heavy atom. The molecule has 8 aromatic carbocycles. The van der Waals surface area contributed by atoms with Crippen molar-refractivity contribution in [3.8, 4) is 46.0 Å². The van der Waals surface area contributed by atoms with Gasteiger partial charge in [0.05, 0.1) is 0 Å². The topological polar surface area (TPSA) is 95.8 Å². The van der Waals surface area contributed by atoms with Crippen molar-refractivity contribution >= 4 is 0 Å². The van der Waals surface area contributed by atoms with E-state index in [0.29, 0.717) is 45.6 Å². The number of phenols is 2. The van der Waals surface area contributed by atoms with E-state index in [1.807, 2.05) is 97.1 Å². The summed E-state index contributed by atoms with van der Waals surface area (Å²) < 4.78 is 39.0. The zero-order valence-electron chi connectivity index (χ0n) is 33.9. The summed E-state index contributed by atoms with van der Waals surface area (Å²) >= 11 is 0. The van der Waals surface area contributed by atoms with Gasteiger partial charge in [0.2, 0.25) is 20.4 Å². The van der Waals surface area contributed by atoms with Gasteiger partial charge in [-0.15, -0.1) is 0 Å². The number of benzene rings is 8. The van der Waals surface area contributed by atoms with Gasteiger partial charge in [-0.3, -0.25) is 0 Å². The molecule has 0 aromatic heterocycles. The molecule has 0 saturated carbocycles. The van der Waals surface area contributed by atoms with Crippen molar-refractivity contribution in [1.82, 2.24) is 0 Å². The SMILES string of the molecule is Oc1cc2c3cc1C(c1ccccc1)c1cc4c(cc1O)OCOc1cc5c(cc1[C@H]4c1ccccc1)C(c1ccccc1)c1cc(c(cc1OCO5)OCO2)[C@H]3c1ccccc1. The van der Waals surface area contributed by atoms with E-state index in [2.05, 4.69) is 60.7 Å². The molecule has 0 amide bonds. The molecule has 4 aliphatic rings. The summed E-state index contributed by atoms with van der Waals surface area (Å²) in [6, 6.07) is 56.8. The summed E-state index contributed by atoms with van der Waals surface area (Å²) in [5, 5.41) is 24.6. The maximum atomic E-state index is 12.3. The van der Waals surface area contributed by atoms with Crippen LogP contribution < -0.4 is 28.4 Å². The Bertz CT molecular complexity index is 2860. The van der Waals surface area contributed by atoms with E-state index in [9.17, 15) is 10.2 Å². The lowest BCUT2D eigenvalue weighted by atomic mass is 9.75. The number of aromatic hydroxyl groups is 2. The smallest absolute Gasteiger partial charge is 0.230 e. The number of phenolic OH excluding ortho intramolecular Hbond substituents is 2. The van der Waals surface area contributed by atoms with Gasteiger partial charge in [0, 0.05) is 92.4 Å². The average Bonchev–Trinajstić information content (AvgIpc) is 3.30. The van der Waals surface area contributed by atoms with Crippen LogP contribution in [0, 0.1) is 0 Å². The third kappa shape index (κ3) is 6.20. The fourth-order valence-electron chi connectivity index (χ4n) is 10.1. The molecule has 8 bridgehead atoms. The number of rotatable bonds is 4. The number of fused-ring (bicyclic) bond motifs is 2. The molecule has 2 atom stereocenters. The van der Waals surface area contributed by atoms with Crippen molar-refractivity contribution in [2.45, 2.75) is 23.7 Å². The van der Waals surface area contributed by atoms with Crippen molar-refractivity contribution in [1.29, 1.82) is 0 Å². The molecule has 0 unspecified atom stereocenters. The van der Waals surface area contributed by atoms with Crippen molar-refractivity contribution in [2.24, 2.45) is 0 Å². The molecule has 0 fully saturated rings. The Labute approximate surface area is 364 Å². The van der Waals surface area contributed by atoms with E-state index in [1.165, 1.54) is 0 Å². The molecule has 63 heavy (non-hydrogen) atoms. The second-order valence-corrected chi connectivity index (χ2v) is 16.3.